The van der Waals surface area contributed by atoms with Gasteiger partial charge in [-0.25, -0.2) is 4.79 Å². The summed E-state index contributed by atoms with van der Waals surface area (Å²) in [6.45, 7) is 9.66. The van der Waals surface area contributed by atoms with E-state index >= 15 is 0 Å². The van der Waals surface area contributed by atoms with Crippen molar-refractivity contribution < 1.29 is 14.3 Å². The summed E-state index contributed by atoms with van der Waals surface area (Å²) >= 11 is 0. The predicted molar refractivity (Wildman–Crippen MR) is 76.5 cm³/mol. The lowest BCUT2D eigenvalue weighted by Crippen LogP contribution is -2.37. The molecule has 0 heterocycles. The topological polar surface area (TPSA) is 71.6 Å². The lowest BCUT2D eigenvalue weighted by atomic mass is 10.5. The minimum absolute atomic E-state index is 0.135. The fourth-order valence-corrected chi connectivity index (χ4v) is 1.31. The molecule has 0 aromatic carbocycles. The van der Waals surface area contributed by atoms with E-state index < -0.39 is 0 Å². The Morgan fingerprint density at radius 1 is 0.789 bits per heavy atom. The minimum atomic E-state index is -0.135. The van der Waals surface area contributed by atoms with Crippen LogP contribution in [0.5, 0.6) is 0 Å². The zero-order valence-electron chi connectivity index (χ0n) is 12.3. The molecule has 19 heavy (non-hydrogen) atoms. The van der Waals surface area contributed by atoms with Crippen molar-refractivity contribution in [3.8, 4) is 0 Å². The smallest absolute Gasteiger partial charge is 0.314 e. The molecule has 0 rings (SSSR count). The summed E-state index contributed by atoms with van der Waals surface area (Å²) in [5.74, 6) is 0. The van der Waals surface area contributed by atoms with Crippen molar-refractivity contribution in [2.45, 2.75) is 26.7 Å². The largest absolute Gasteiger partial charge is 0.378 e. The average Bonchev–Trinajstić information content (AvgIpc) is 2.42. The van der Waals surface area contributed by atoms with E-state index in [1.165, 1.54) is 0 Å². The Hall–Kier alpha value is -0.850. The highest BCUT2D eigenvalue weighted by atomic mass is 16.5. The Balaban J connectivity index is 3.04. The van der Waals surface area contributed by atoms with Crippen molar-refractivity contribution in [3.05, 3.63) is 0 Å². The van der Waals surface area contributed by atoms with Gasteiger partial charge in [0, 0.05) is 19.6 Å². The van der Waals surface area contributed by atoms with Gasteiger partial charge in [-0.1, -0.05) is 13.8 Å². The number of carbonyl (C=O) groups excluding carboxylic acids is 1. The molecule has 0 aromatic heterocycles. The first kappa shape index (κ1) is 18.1. The second-order valence-electron chi connectivity index (χ2n) is 4.16. The van der Waals surface area contributed by atoms with E-state index in [1.807, 2.05) is 6.92 Å². The van der Waals surface area contributed by atoms with Crippen molar-refractivity contribution in [1.82, 2.24) is 16.0 Å². The van der Waals surface area contributed by atoms with E-state index in [4.69, 9.17) is 9.47 Å². The molecule has 0 aliphatic rings. The Morgan fingerprint density at radius 2 is 1.37 bits per heavy atom. The maximum atomic E-state index is 11.2. The second-order valence-corrected chi connectivity index (χ2v) is 4.16. The summed E-state index contributed by atoms with van der Waals surface area (Å²) in [7, 11) is 0. The number of ether oxygens (including phenoxy) is 2. The maximum Gasteiger partial charge on any atom is 0.314 e. The van der Waals surface area contributed by atoms with Crippen molar-refractivity contribution in [3.63, 3.8) is 0 Å². The third kappa shape index (κ3) is 15.1. The van der Waals surface area contributed by atoms with E-state index in [9.17, 15) is 4.79 Å². The van der Waals surface area contributed by atoms with Gasteiger partial charge >= 0.3 is 6.03 Å². The first-order valence-corrected chi connectivity index (χ1v) is 7.19. The van der Waals surface area contributed by atoms with Crippen LogP contribution in [0.2, 0.25) is 0 Å². The number of rotatable bonds is 13. The van der Waals surface area contributed by atoms with Crippen LogP contribution in [0.4, 0.5) is 4.79 Å². The van der Waals surface area contributed by atoms with Gasteiger partial charge in [-0.15, -0.1) is 0 Å². The molecule has 0 unspecified atom stereocenters. The standard InChI is InChI=1S/C13H29N3O3/c1-3-5-14-7-9-18-11-12-19-10-8-16-13(17)15-6-4-2/h14H,3-12H2,1-2H3,(H2,15,16,17). The number of amides is 2. The first-order chi connectivity index (χ1) is 9.31. The zero-order valence-corrected chi connectivity index (χ0v) is 12.3. The third-order valence-electron chi connectivity index (χ3n) is 2.29. The van der Waals surface area contributed by atoms with Crippen LogP contribution in [0, 0.1) is 0 Å². The number of hydrogen-bond donors (Lipinski definition) is 3. The number of nitrogens with one attached hydrogen (secondary N) is 3. The first-order valence-electron chi connectivity index (χ1n) is 7.19. The van der Waals surface area contributed by atoms with Crippen LogP contribution < -0.4 is 16.0 Å². The normalized spacial score (nSPS) is 10.4. The van der Waals surface area contributed by atoms with Crippen molar-refractivity contribution >= 4 is 6.03 Å². The van der Waals surface area contributed by atoms with Gasteiger partial charge in [-0.2, -0.15) is 0 Å². The van der Waals surface area contributed by atoms with Crippen LogP contribution in [0.25, 0.3) is 0 Å². The van der Waals surface area contributed by atoms with Gasteiger partial charge in [0.15, 0.2) is 0 Å². The van der Waals surface area contributed by atoms with Crippen LogP contribution in [-0.2, 0) is 9.47 Å². The Kier molecular flexibility index (Phi) is 14.5. The van der Waals surface area contributed by atoms with Crippen LogP contribution >= 0.6 is 0 Å². The molecule has 0 fully saturated rings. The predicted octanol–water partition coefficient (Wildman–Crippen LogP) is 0.728. The van der Waals surface area contributed by atoms with Gasteiger partial charge in [-0.05, 0) is 19.4 Å². The molecule has 0 aromatic rings. The lowest BCUT2D eigenvalue weighted by Gasteiger charge is -2.08. The number of urea groups is 1. The Labute approximate surface area is 116 Å². The molecule has 0 radical (unpaired) electrons. The zero-order chi connectivity index (χ0) is 14.2. The fourth-order valence-electron chi connectivity index (χ4n) is 1.31. The van der Waals surface area contributed by atoms with Crippen LogP contribution in [-0.4, -0.2) is 58.6 Å². The molecule has 0 bridgehead atoms. The monoisotopic (exact) mass is 275 g/mol. The minimum Gasteiger partial charge on any atom is -0.378 e. The average molecular weight is 275 g/mol. The van der Waals surface area contributed by atoms with Gasteiger partial charge in [-0.3, -0.25) is 0 Å². The van der Waals surface area contributed by atoms with E-state index in [-0.39, 0.29) is 6.03 Å². The van der Waals surface area contributed by atoms with Gasteiger partial charge in [0.2, 0.25) is 0 Å². The summed E-state index contributed by atoms with van der Waals surface area (Å²) < 4.78 is 10.7. The second kappa shape index (κ2) is 15.2. The van der Waals surface area contributed by atoms with E-state index in [1.54, 1.807) is 0 Å². The maximum absolute atomic E-state index is 11.2. The molecule has 6 heteroatoms. The molecule has 114 valence electrons. The molecule has 0 aliphatic heterocycles. The molecular weight excluding hydrogens is 246 g/mol. The lowest BCUT2D eigenvalue weighted by molar-refractivity contribution is 0.0505. The molecular formula is C13H29N3O3. The van der Waals surface area contributed by atoms with Gasteiger partial charge in [0.1, 0.15) is 0 Å². The van der Waals surface area contributed by atoms with Crippen molar-refractivity contribution in [2.75, 3.05) is 52.6 Å². The van der Waals surface area contributed by atoms with Crippen LogP contribution in [0.15, 0.2) is 0 Å². The van der Waals surface area contributed by atoms with Gasteiger partial charge in [0.25, 0.3) is 0 Å². The van der Waals surface area contributed by atoms with Crippen molar-refractivity contribution in [1.29, 1.82) is 0 Å². The molecule has 0 atom stereocenters. The molecule has 0 saturated heterocycles. The van der Waals surface area contributed by atoms with E-state index in [0.717, 1.165) is 25.9 Å². The van der Waals surface area contributed by atoms with E-state index in [2.05, 4.69) is 22.9 Å². The van der Waals surface area contributed by atoms with Gasteiger partial charge < -0.3 is 25.4 Å². The number of carbonyl (C=O) groups is 1. The quantitative estimate of drug-likeness (QED) is 0.433. The fraction of sp³-hybridized carbons (Fsp3) is 0.923. The third-order valence-corrected chi connectivity index (χ3v) is 2.29. The summed E-state index contributed by atoms with van der Waals surface area (Å²) in [4.78, 5) is 11.2. The highest BCUT2D eigenvalue weighted by Gasteiger charge is 1.96. The SMILES string of the molecule is CCCNCCOCCOCCNC(=O)NCCC. The molecule has 0 saturated carbocycles. The molecule has 0 aliphatic carbocycles. The highest BCUT2D eigenvalue weighted by molar-refractivity contribution is 5.73. The summed E-state index contributed by atoms with van der Waals surface area (Å²) in [5.41, 5.74) is 0. The Morgan fingerprint density at radius 3 is 2.00 bits per heavy atom. The van der Waals surface area contributed by atoms with Crippen LogP contribution in [0.1, 0.15) is 26.7 Å². The molecule has 3 N–H and O–H groups in total. The summed E-state index contributed by atoms with van der Waals surface area (Å²) in [6, 6.07) is -0.135. The molecule has 6 nitrogen and oxygen atoms in total. The van der Waals surface area contributed by atoms with Crippen LogP contribution in [0.3, 0.4) is 0 Å². The highest BCUT2D eigenvalue weighted by Crippen LogP contribution is 1.79. The van der Waals surface area contributed by atoms with E-state index in [0.29, 0.717) is 39.5 Å². The molecule has 2 amide bonds. The molecule has 0 spiro atoms. The summed E-state index contributed by atoms with van der Waals surface area (Å²) in [5, 5.41) is 8.70. The van der Waals surface area contributed by atoms with Gasteiger partial charge in [0.05, 0.1) is 26.4 Å². The summed E-state index contributed by atoms with van der Waals surface area (Å²) in [6.07, 6.45) is 2.08. The van der Waals surface area contributed by atoms with Crippen molar-refractivity contribution in [2.24, 2.45) is 0 Å². The Bertz CT molecular complexity index is 204. The number of hydrogen-bond acceptors (Lipinski definition) is 4.